The van der Waals surface area contributed by atoms with Crippen molar-refractivity contribution in [1.29, 1.82) is 0 Å². The van der Waals surface area contributed by atoms with Crippen molar-refractivity contribution in [3.8, 4) is 0 Å². The molecule has 0 aliphatic heterocycles. The van der Waals surface area contributed by atoms with Crippen molar-refractivity contribution in [2.24, 2.45) is 22.9 Å². The van der Waals surface area contributed by atoms with Crippen LogP contribution < -0.4 is 10.1 Å². The van der Waals surface area contributed by atoms with E-state index in [0.29, 0.717) is 11.8 Å². The second-order valence-electron chi connectivity index (χ2n) is 9.85. The van der Waals surface area contributed by atoms with Gasteiger partial charge in [0, 0.05) is 0 Å². The summed E-state index contributed by atoms with van der Waals surface area (Å²) in [6.07, 6.45) is 1.84. The number of hydrogen-bond donors (Lipinski definition) is 2. The average molecular weight is 560 g/mol. The van der Waals surface area contributed by atoms with Gasteiger partial charge in [0.2, 0.25) is 10.0 Å². The number of carbonyl (C=O) groups is 1. The van der Waals surface area contributed by atoms with E-state index in [1.165, 1.54) is 19.1 Å². The lowest BCUT2D eigenvalue weighted by atomic mass is 9.75. The minimum absolute atomic E-state index is 0.00436. The fraction of sp³-hybridized carbons (Fsp3) is 0.680. The standard InChI is InChI=1S/C25H42N3O7PS/c1-8-33-36(30,34-9-2)24(28-37(31,32)21-13-10-18(5)11-14-21)20(7)26-27-25(29)35-23-16-19(6)12-15-22(23)17(3)4/h10-11,13-14,17,19,22-24,28H,8-9,12,15-16H2,1-7H3,(H,27,29)/b26-20+/t19-,22+,23-,24?/m1/s1. The lowest BCUT2D eigenvalue weighted by Gasteiger charge is -2.36. The Morgan fingerprint density at radius 3 is 2.27 bits per heavy atom. The zero-order valence-corrected chi connectivity index (χ0v) is 24.6. The van der Waals surface area contributed by atoms with Gasteiger partial charge in [-0.15, -0.1) is 0 Å². The van der Waals surface area contributed by atoms with Crippen molar-refractivity contribution in [2.75, 3.05) is 13.2 Å². The predicted octanol–water partition coefficient (Wildman–Crippen LogP) is 5.43. The number of rotatable bonds is 12. The molecule has 1 aliphatic carbocycles. The fourth-order valence-corrected chi connectivity index (χ4v) is 8.10. The molecule has 210 valence electrons. The molecule has 37 heavy (non-hydrogen) atoms. The van der Waals surface area contributed by atoms with E-state index in [1.54, 1.807) is 26.0 Å². The summed E-state index contributed by atoms with van der Waals surface area (Å²) in [5.41, 5.74) is 3.22. The number of benzene rings is 1. The normalized spacial score (nSPS) is 22.1. The Balaban J connectivity index is 2.28. The predicted molar refractivity (Wildman–Crippen MR) is 144 cm³/mol. The first-order chi connectivity index (χ1) is 17.3. The van der Waals surface area contributed by atoms with Crippen molar-refractivity contribution in [3.05, 3.63) is 29.8 Å². The molecular weight excluding hydrogens is 517 g/mol. The molecule has 1 aromatic carbocycles. The fourth-order valence-electron chi connectivity index (χ4n) is 4.47. The summed E-state index contributed by atoms with van der Waals surface area (Å²) in [4.78, 5) is 12.6. The van der Waals surface area contributed by atoms with Gasteiger partial charge in [0.15, 0.2) is 5.78 Å². The topological polar surface area (TPSA) is 132 Å². The largest absolute Gasteiger partial charge is 0.445 e. The van der Waals surface area contributed by atoms with Crippen LogP contribution in [0, 0.1) is 24.7 Å². The van der Waals surface area contributed by atoms with Crippen LogP contribution in [0.25, 0.3) is 0 Å². The second kappa shape index (κ2) is 13.8. The third kappa shape index (κ3) is 8.89. The number of hydrogen-bond acceptors (Lipinski definition) is 8. The van der Waals surface area contributed by atoms with Crippen LogP contribution in [-0.2, 0) is 28.4 Å². The third-order valence-electron chi connectivity index (χ3n) is 6.47. The highest BCUT2D eigenvalue weighted by Gasteiger charge is 2.41. The number of carbonyl (C=O) groups excluding carboxylic acids is 1. The molecule has 2 N–H and O–H groups in total. The maximum Gasteiger partial charge on any atom is 0.428 e. The molecule has 0 radical (unpaired) electrons. The molecule has 0 bridgehead atoms. The molecule has 4 atom stereocenters. The van der Waals surface area contributed by atoms with Crippen molar-refractivity contribution in [2.45, 2.75) is 84.5 Å². The Morgan fingerprint density at radius 2 is 1.73 bits per heavy atom. The molecule has 1 aliphatic rings. The van der Waals surface area contributed by atoms with Crippen LogP contribution >= 0.6 is 7.60 Å². The molecule has 2 rings (SSSR count). The third-order valence-corrected chi connectivity index (χ3v) is 10.5. The first kappa shape index (κ1) is 31.4. The van der Waals surface area contributed by atoms with Crippen LogP contribution in [-0.4, -0.2) is 45.3 Å². The second-order valence-corrected chi connectivity index (χ2v) is 13.7. The molecule has 12 heteroatoms. The van der Waals surface area contributed by atoms with Gasteiger partial charge in [-0.05, 0) is 70.4 Å². The van der Waals surface area contributed by atoms with Crippen molar-refractivity contribution in [3.63, 3.8) is 0 Å². The van der Waals surface area contributed by atoms with Gasteiger partial charge in [-0.3, -0.25) is 4.57 Å². The summed E-state index contributed by atoms with van der Waals surface area (Å²) in [5, 5.41) is 4.03. The monoisotopic (exact) mass is 559 g/mol. The number of nitrogens with one attached hydrogen (secondary N) is 2. The van der Waals surface area contributed by atoms with Gasteiger partial charge < -0.3 is 13.8 Å². The van der Waals surface area contributed by atoms with Crippen LogP contribution in [0.5, 0.6) is 0 Å². The molecule has 0 saturated heterocycles. The van der Waals surface area contributed by atoms with E-state index in [1.807, 2.05) is 6.92 Å². The maximum absolute atomic E-state index is 13.6. The zero-order chi connectivity index (χ0) is 27.8. The summed E-state index contributed by atoms with van der Waals surface area (Å²) < 4.78 is 58.8. The van der Waals surface area contributed by atoms with Gasteiger partial charge in [0.1, 0.15) is 6.10 Å². The summed E-state index contributed by atoms with van der Waals surface area (Å²) in [5.74, 6) is -0.421. The van der Waals surface area contributed by atoms with Gasteiger partial charge in [0.05, 0.1) is 23.8 Å². The number of sulfonamides is 1. The quantitative estimate of drug-likeness (QED) is 0.198. The summed E-state index contributed by atoms with van der Waals surface area (Å²) >= 11 is 0. The Hall–Kier alpha value is -1.78. The molecule has 0 aromatic heterocycles. The van der Waals surface area contributed by atoms with E-state index in [0.717, 1.165) is 24.8 Å². The van der Waals surface area contributed by atoms with Gasteiger partial charge in [-0.1, -0.05) is 44.9 Å². The average Bonchev–Trinajstić information content (AvgIpc) is 2.81. The SMILES string of the molecule is CCOP(=O)(OCC)C(NS(=O)(=O)c1ccc(C)cc1)/C(C)=N/NC(=O)O[C@@H]1C[C@H](C)CC[C@H]1C(C)C. The number of hydrazone groups is 1. The van der Waals surface area contributed by atoms with Gasteiger partial charge in [0.25, 0.3) is 0 Å². The van der Waals surface area contributed by atoms with Crippen LogP contribution in [0.15, 0.2) is 34.3 Å². The van der Waals surface area contributed by atoms with Crippen LogP contribution in [0.2, 0.25) is 0 Å². The van der Waals surface area contributed by atoms with Crippen LogP contribution in [0.3, 0.4) is 0 Å². The van der Waals surface area contributed by atoms with Gasteiger partial charge in [-0.25, -0.2) is 18.6 Å². The Labute approximate surface area is 221 Å². The van der Waals surface area contributed by atoms with E-state index in [9.17, 15) is 17.8 Å². The highest BCUT2D eigenvalue weighted by atomic mass is 32.2. The van der Waals surface area contributed by atoms with E-state index in [-0.39, 0.29) is 35.8 Å². The molecule has 0 heterocycles. The number of ether oxygens (including phenoxy) is 1. The van der Waals surface area contributed by atoms with Crippen molar-refractivity contribution >= 4 is 29.4 Å². The highest BCUT2D eigenvalue weighted by molar-refractivity contribution is 7.90. The molecule has 1 saturated carbocycles. The first-order valence-electron chi connectivity index (χ1n) is 12.8. The van der Waals surface area contributed by atoms with Crippen molar-refractivity contribution in [1.82, 2.24) is 10.1 Å². The smallest absolute Gasteiger partial charge is 0.428 e. The minimum atomic E-state index is -4.13. The molecule has 0 spiro atoms. The number of aryl methyl sites for hydroxylation is 1. The molecule has 1 fully saturated rings. The molecule has 10 nitrogen and oxygen atoms in total. The Kier molecular flexibility index (Phi) is 11.8. The van der Waals surface area contributed by atoms with E-state index < -0.39 is 29.5 Å². The first-order valence-corrected chi connectivity index (χ1v) is 15.9. The zero-order valence-electron chi connectivity index (χ0n) is 22.9. The number of nitrogens with zero attached hydrogens (tertiary/aromatic N) is 1. The van der Waals surface area contributed by atoms with Crippen molar-refractivity contribution < 1.29 is 31.6 Å². The Bertz CT molecular complexity index is 1070. The lowest BCUT2D eigenvalue weighted by molar-refractivity contribution is 0.00631. The lowest BCUT2D eigenvalue weighted by Crippen LogP contribution is -2.42. The summed E-state index contributed by atoms with van der Waals surface area (Å²) in [6.45, 7) is 12.9. The minimum Gasteiger partial charge on any atom is -0.445 e. The van der Waals surface area contributed by atoms with E-state index >= 15 is 0 Å². The summed E-state index contributed by atoms with van der Waals surface area (Å²) in [7, 11) is -8.18. The van der Waals surface area contributed by atoms with E-state index in [4.69, 9.17) is 13.8 Å². The van der Waals surface area contributed by atoms with Crippen LogP contribution in [0.4, 0.5) is 4.79 Å². The van der Waals surface area contributed by atoms with Gasteiger partial charge >= 0.3 is 13.7 Å². The van der Waals surface area contributed by atoms with Gasteiger partial charge in [-0.2, -0.15) is 9.82 Å². The van der Waals surface area contributed by atoms with Crippen LogP contribution in [0.1, 0.15) is 66.4 Å². The van der Waals surface area contributed by atoms with E-state index in [2.05, 4.69) is 36.0 Å². The molecular formula is C25H42N3O7PS. The summed E-state index contributed by atoms with van der Waals surface area (Å²) in [6, 6.07) is 6.20. The Morgan fingerprint density at radius 1 is 1.14 bits per heavy atom. The highest BCUT2D eigenvalue weighted by Crippen LogP contribution is 2.52. The number of amides is 1. The molecule has 1 unspecified atom stereocenters. The maximum atomic E-state index is 13.6. The molecule has 1 amide bonds. The molecule has 1 aromatic rings.